The molecule has 1 aromatic heterocycles. The molecule has 0 bridgehead atoms. The zero-order chi connectivity index (χ0) is 18.3. The Morgan fingerprint density at radius 2 is 1.96 bits per heavy atom. The summed E-state index contributed by atoms with van der Waals surface area (Å²) >= 11 is 3.50. The van der Waals surface area contributed by atoms with Crippen LogP contribution in [0.25, 0.3) is 5.69 Å². The molecule has 5 heteroatoms. The molecule has 0 saturated carbocycles. The van der Waals surface area contributed by atoms with Gasteiger partial charge in [0.2, 0.25) is 0 Å². The van der Waals surface area contributed by atoms with Crippen LogP contribution in [0.15, 0.2) is 65.3 Å². The quantitative estimate of drug-likeness (QED) is 0.553. The highest BCUT2D eigenvalue weighted by Gasteiger charge is 2.28. The number of halogens is 1. The second-order valence-electron chi connectivity index (χ2n) is 6.63. The molecule has 0 radical (unpaired) electrons. The molecule has 0 saturated heterocycles. The average Bonchev–Trinajstić information content (AvgIpc) is 3.08. The summed E-state index contributed by atoms with van der Waals surface area (Å²) in [4.78, 5) is 14.9. The molecular formula is C21H20BrN3O. The van der Waals surface area contributed by atoms with Crippen LogP contribution in [0.3, 0.4) is 0 Å². The minimum absolute atomic E-state index is 0.0334. The molecule has 0 aliphatic carbocycles. The summed E-state index contributed by atoms with van der Waals surface area (Å²) in [6.45, 7) is 4.65. The van der Waals surface area contributed by atoms with E-state index >= 15 is 0 Å². The zero-order valence-electron chi connectivity index (χ0n) is 14.7. The van der Waals surface area contributed by atoms with Gasteiger partial charge in [0, 0.05) is 22.1 Å². The summed E-state index contributed by atoms with van der Waals surface area (Å²) in [7, 11) is 0. The predicted molar refractivity (Wildman–Crippen MR) is 108 cm³/mol. The van der Waals surface area contributed by atoms with Crippen LogP contribution >= 0.6 is 15.9 Å². The number of benzene rings is 2. The first-order valence-corrected chi connectivity index (χ1v) is 9.43. The van der Waals surface area contributed by atoms with Crippen molar-refractivity contribution in [3.8, 4) is 5.69 Å². The number of para-hydroxylation sites is 1. The standard InChI is InChI=1S/C21H20BrN3O/c1-14-12-17(9-10-18(14)22)23-21(26)25-13-16-6-3-4-7-20(16)24-11-5-8-19(24)15(25)2/h3-12,15H,13H2,1-2H3,(H,23,26)/t15-/m1/s1. The highest BCUT2D eigenvalue weighted by atomic mass is 79.9. The third-order valence-corrected chi connectivity index (χ3v) is 5.83. The maximum absolute atomic E-state index is 13.1. The normalized spacial score (nSPS) is 15.8. The van der Waals surface area contributed by atoms with Crippen molar-refractivity contribution in [3.63, 3.8) is 0 Å². The summed E-state index contributed by atoms with van der Waals surface area (Å²) in [6.07, 6.45) is 2.06. The molecule has 1 aliphatic rings. The number of fused-ring (bicyclic) bond motifs is 3. The summed E-state index contributed by atoms with van der Waals surface area (Å²) < 4.78 is 3.21. The third-order valence-electron chi connectivity index (χ3n) is 4.94. The lowest BCUT2D eigenvalue weighted by Gasteiger charge is -2.27. The number of nitrogens with zero attached hydrogens (tertiary/aromatic N) is 2. The van der Waals surface area contributed by atoms with E-state index in [9.17, 15) is 4.79 Å². The Morgan fingerprint density at radius 1 is 1.15 bits per heavy atom. The number of hydrogen-bond donors (Lipinski definition) is 1. The van der Waals surface area contributed by atoms with Gasteiger partial charge in [-0.2, -0.15) is 0 Å². The first-order chi connectivity index (χ1) is 12.5. The van der Waals surface area contributed by atoms with Gasteiger partial charge in [0.15, 0.2) is 0 Å². The Balaban J connectivity index is 1.68. The van der Waals surface area contributed by atoms with Crippen LogP contribution in [0.5, 0.6) is 0 Å². The summed E-state index contributed by atoms with van der Waals surface area (Å²) in [5.41, 5.74) is 5.27. The lowest BCUT2D eigenvalue weighted by Crippen LogP contribution is -2.36. The number of nitrogens with one attached hydrogen (secondary N) is 1. The van der Waals surface area contributed by atoms with E-state index < -0.39 is 0 Å². The van der Waals surface area contributed by atoms with E-state index in [-0.39, 0.29) is 12.1 Å². The van der Waals surface area contributed by atoms with Gasteiger partial charge < -0.3 is 14.8 Å². The highest BCUT2D eigenvalue weighted by molar-refractivity contribution is 9.10. The van der Waals surface area contributed by atoms with Gasteiger partial charge in [-0.05, 0) is 61.4 Å². The zero-order valence-corrected chi connectivity index (χ0v) is 16.3. The number of aromatic nitrogens is 1. The van der Waals surface area contributed by atoms with E-state index in [4.69, 9.17) is 0 Å². The van der Waals surface area contributed by atoms with Gasteiger partial charge in [-0.25, -0.2) is 4.79 Å². The van der Waals surface area contributed by atoms with Crippen LogP contribution in [-0.2, 0) is 6.54 Å². The van der Waals surface area contributed by atoms with Crippen LogP contribution in [-0.4, -0.2) is 15.5 Å². The minimum Gasteiger partial charge on any atom is -0.318 e. The largest absolute Gasteiger partial charge is 0.322 e. The van der Waals surface area contributed by atoms with Crippen LogP contribution < -0.4 is 5.32 Å². The van der Waals surface area contributed by atoms with Crippen molar-refractivity contribution >= 4 is 27.6 Å². The molecule has 132 valence electrons. The molecule has 2 heterocycles. The van der Waals surface area contributed by atoms with Crippen molar-refractivity contribution in [2.75, 3.05) is 5.32 Å². The van der Waals surface area contributed by atoms with Crippen molar-refractivity contribution in [1.82, 2.24) is 9.47 Å². The van der Waals surface area contributed by atoms with Crippen LogP contribution in [0.4, 0.5) is 10.5 Å². The molecule has 1 aliphatic heterocycles. The molecule has 1 N–H and O–H groups in total. The summed E-state index contributed by atoms with van der Waals surface area (Å²) in [5.74, 6) is 0. The molecule has 2 amide bonds. The lowest BCUT2D eigenvalue weighted by atomic mass is 10.1. The Labute approximate surface area is 161 Å². The van der Waals surface area contributed by atoms with Crippen LogP contribution in [0.1, 0.15) is 29.8 Å². The monoisotopic (exact) mass is 409 g/mol. The summed E-state index contributed by atoms with van der Waals surface area (Å²) in [5, 5.41) is 3.05. The van der Waals surface area contributed by atoms with Gasteiger partial charge in [-0.3, -0.25) is 0 Å². The SMILES string of the molecule is Cc1cc(NC(=O)N2Cc3ccccc3-n3cccc3[C@H]2C)ccc1Br. The fraction of sp³-hybridized carbons (Fsp3) is 0.190. The van der Waals surface area contributed by atoms with Crippen molar-refractivity contribution in [2.24, 2.45) is 0 Å². The predicted octanol–water partition coefficient (Wildman–Crippen LogP) is 5.66. The van der Waals surface area contributed by atoms with Crippen molar-refractivity contribution < 1.29 is 4.79 Å². The molecule has 4 rings (SSSR count). The molecule has 0 unspecified atom stereocenters. The van der Waals surface area contributed by atoms with E-state index in [1.54, 1.807) is 0 Å². The maximum Gasteiger partial charge on any atom is 0.322 e. The number of hydrogen-bond acceptors (Lipinski definition) is 1. The molecule has 4 nitrogen and oxygen atoms in total. The first-order valence-electron chi connectivity index (χ1n) is 8.64. The number of carbonyl (C=O) groups excluding carboxylic acids is 1. The number of rotatable bonds is 1. The van der Waals surface area contributed by atoms with E-state index in [0.29, 0.717) is 6.54 Å². The van der Waals surface area contributed by atoms with Crippen LogP contribution in [0.2, 0.25) is 0 Å². The van der Waals surface area contributed by atoms with Gasteiger partial charge in [0.1, 0.15) is 0 Å². The second-order valence-corrected chi connectivity index (χ2v) is 7.48. The fourth-order valence-electron chi connectivity index (χ4n) is 3.48. The molecule has 2 aromatic carbocycles. The number of amides is 2. The smallest absolute Gasteiger partial charge is 0.318 e. The van der Waals surface area contributed by atoms with Crippen molar-refractivity contribution in [3.05, 3.63) is 82.1 Å². The number of urea groups is 1. The molecule has 26 heavy (non-hydrogen) atoms. The van der Waals surface area contributed by atoms with Gasteiger partial charge >= 0.3 is 6.03 Å². The van der Waals surface area contributed by atoms with Crippen LogP contribution in [0, 0.1) is 6.92 Å². The maximum atomic E-state index is 13.1. The number of carbonyl (C=O) groups is 1. The van der Waals surface area contributed by atoms with Gasteiger partial charge in [0.25, 0.3) is 0 Å². The molecule has 0 fully saturated rings. The number of anilines is 1. The van der Waals surface area contributed by atoms with Gasteiger partial charge in [0.05, 0.1) is 18.3 Å². The first kappa shape index (κ1) is 16.9. The molecule has 3 aromatic rings. The van der Waals surface area contributed by atoms with E-state index in [1.165, 1.54) is 0 Å². The molecular weight excluding hydrogens is 390 g/mol. The van der Waals surface area contributed by atoms with Gasteiger partial charge in [-0.1, -0.05) is 34.1 Å². The topological polar surface area (TPSA) is 37.3 Å². The average molecular weight is 410 g/mol. The Bertz CT molecular complexity index is 979. The lowest BCUT2D eigenvalue weighted by molar-refractivity contribution is 0.189. The molecule has 0 spiro atoms. The summed E-state index contributed by atoms with van der Waals surface area (Å²) in [6, 6.07) is 18.1. The fourth-order valence-corrected chi connectivity index (χ4v) is 3.73. The Hall–Kier alpha value is -2.53. The third kappa shape index (κ3) is 2.92. The Morgan fingerprint density at radius 3 is 2.77 bits per heavy atom. The molecule has 1 atom stereocenters. The van der Waals surface area contributed by atoms with E-state index in [1.807, 2.05) is 48.2 Å². The second kappa shape index (κ2) is 6.65. The van der Waals surface area contributed by atoms with E-state index in [2.05, 4.69) is 57.1 Å². The highest BCUT2D eigenvalue weighted by Crippen LogP contribution is 2.32. The minimum atomic E-state index is -0.0938. The Kier molecular flexibility index (Phi) is 4.32. The number of aryl methyl sites for hydroxylation is 1. The van der Waals surface area contributed by atoms with Crippen molar-refractivity contribution in [2.45, 2.75) is 26.4 Å². The van der Waals surface area contributed by atoms with Gasteiger partial charge in [-0.15, -0.1) is 0 Å². The van der Waals surface area contributed by atoms with E-state index in [0.717, 1.165) is 32.7 Å². The van der Waals surface area contributed by atoms with Crippen molar-refractivity contribution in [1.29, 1.82) is 0 Å².